The molecular formula is C11H14BrN5O2S. The number of hydrogen-bond donors (Lipinski definition) is 2. The number of halogens is 1. The minimum atomic E-state index is -3.68. The fourth-order valence-electron chi connectivity index (χ4n) is 1.63. The van der Waals surface area contributed by atoms with Crippen molar-refractivity contribution in [2.24, 2.45) is 7.05 Å². The predicted molar refractivity (Wildman–Crippen MR) is 78.4 cm³/mol. The average Bonchev–Trinajstić information content (AvgIpc) is 2.78. The second-order valence-corrected chi connectivity index (χ2v) is 6.82. The van der Waals surface area contributed by atoms with Crippen molar-refractivity contribution in [3.05, 3.63) is 34.7 Å². The van der Waals surface area contributed by atoms with E-state index in [0.29, 0.717) is 10.9 Å². The molecule has 0 aliphatic carbocycles. The van der Waals surface area contributed by atoms with Gasteiger partial charge in [0.25, 0.3) is 0 Å². The Balaban J connectivity index is 2.06. The highest BCUT2D eigenvalue weighted by Gasteiger charge is 2.18. The summed E-state index contributed by atoms with van der Waals surface area (Å²) in [5.74, 6) is -0.0291. The van der Waals surface area contributed by atoms with Gasteiger partial charge in [0.15, 0.2) is 0 Å². The summed E-state index contributed by atoms with van der Waals surface area (Å²) in [6.45, 7) is 0.241. The summed E-state index contributed by atoms with van der Waals surface area (Å²) in [6.07, 6.45) is 3.75. The number of nitrogens with zero attached hydrogens (tertiary/aromatic N) is 3. The van der Waals surface area contributed by atoms with Crippen molar-refractivity contribution in [2.75, 3.05) is 12.3 Å². The van der Waals surface area contributed by atoms with Crippen molar-refractivity contribution in [3.8, 4) is 0 Å². The number of nitrogen functional groups attached to an aromatic ring is 1. The van der Waals surface area contributed by atoms with E-state index in [-0.39, 0.29) is 17.3 Å². The first-order chi connectivity index (χ1) is 9.38. The lowest BCUT2D eigenvalue weighted by Crippen LogP contribution is -2.27. The quantitative estimate of drug-likeness (QED) is 0.816. The molecule has 7 nitrogen and oxygen atoms in total. The van der Waals surface area contributed by atoms with E-state index in [1.807, 2.05) is 13.1 Å². The Labute approximate surface area is 125 Å². The van der Waals surface area contributed by atoms with Crippen LogP contribution in [-0.2, 0) is 23.5 Å². The summed E-state index contributed by atoms with van der Waals surface area (Å²) in [7, 11) is -1.87. The normalized spacial score (nSPS) is 11.7. The lowest BCUT2D eigenvalue weighted by molar-refractivity contribution is 0.581. The molecule has 0 saturated carbocycles. The molecule has 0 fully saturated rings. The van der Waals surface area contributed by atoms with E-state index in [1.54, 1.807) is 10.9 Å². The number of nitrogens with two attached hydrogens (primary N) is 1. The van der Waals surface area contributed by atoms with Crippen LogP contribution in [0.5, 0.6) is 0 Å². The standard InChI is InChI=1S/C11H14BrN5O2S/c1-17-5-3-9(16-17)2-4-15-20(18,19)10-6-8(12)7-14-11(10)13/h3,5-7,15H,2,4H2,1H3,(H2,13,14). The molecule has 2 rings (SSSR count). The molecule has 9 heteroatoms. The van der Waals surface area contributed by atoms with Crippen LogP contribution in [0.1, 0.15) is 5.69 Å². The molecule has 0 amide bonds. The molecule has 0 radical (unpaired) electrons. The molecule has 0 spiro atoms. The maximum absolute atomic E-state index is 12.1. The van der Waals surface area contributed by atoms with Crippen LogP contribution in [0, 0.1) is 0 Å². The minimum absolute atomic E-state index is 0.0291. The third kappa shape index (κ3) is 3.56. The second kappa shape index (κ2) is 5.90. The number of nitrogens with one attached hydrogen (secondary N) is 1. The fourth-order valence-corrected chi connectivity index (χ4v) is 3.25. The van der Waals surface area contributed by atoms with Crippen LogP contribution in [0.25, 0.3) is 0 Å². The smallest absolute Gasteiger partial charge is 0.244 e. The summed E-state index contributed by atoms with van der Waals surface area (Å²) in [5.41, 5.74) is 6.41. The van der Waals surface area contributed by atoms with Gasteiger partial charge in [0.2, 0.25) is 10.0 Å². The zero-order valence-corrected chi connectivity index (χ0v) is 13.1. The van der Waals surface area contributed by atoms with Gasteiger partial charge in [-0.15, -0.1) is 0 Å². The van der Waals surface area contributed by atoms with Gasteiger partial charge in [-0.25, -0.2) is 18.1 Å². The number of pyridine rings is 1. The van der Waals surface area contributed by atoms with Crippen LogP contribution in [0.3, 0.4) is 0 Å². The molecule has 0 aliphatic rings. The van der Waals surface area contributed by atoms with E-state index in [2.05, 4.69) is 30.7 Å². The molecule has 0 atom stereocenters. The number of aryl methyl sites for hydroxylation is 1. The largest absolute Gasteiger partial charge is 0.383 e. The van der Waals surface area contributed by atoms with Gasteiger partial charge in [-0.3, -0.25) is 4.68 Å². The summed E-state index contributed by atoms with van der Waals surface area (Å²) in [6, 6.07) is 3.26. The monoisotopic (exact) mass is 359 g/mol. The Hall–Kier alpha value is -1.45. The molecule has 0 aromatic carbocycles. The van der Waals surface area contributed by atoms with Gasteiger partial charge < -0.3 is 5.73 Å². The van der Waals surface area contributed by atoms with Crippen molar-refractivity contribution < 1.29 is 8.42 Å². The Kier molecular flexibility index (Phi) is 4.41. The highest BCUT2D eigenvalue weighted by molar-refractivity contribution is 9.10. The summed E-state index contributed by atoms with van der Waals surface area (Å²) >= 11 is 3.17. The van der Waals surface area contributed by atoms with Crippen LogP contribution in [0.15, 0.2) is 33.9 Å². The summed E-state index contributed by atoms with van der Waals surface area (Å²) < 4.78 is 28.9. The van der Waals surface area contributed by atoms with Crippen molar-refractivity contribution in [3.63, 3.8) is 0 Å². The van der Waals surface area contributed by atoms with Crippen molar-refractivity contribution in [1.82, 2.24) is 19.5 Å². The van der Waals surface area contributed by atoms with Gasteiger partial charge in [-0.1, -0.05) is 0 Å². The topological polar surface area (TPSA) is 103 Å². The molecule has 0 bridgehead atoms. The van der Waals surface area contributed by atoms with Gasteiger partial charge in [0.1, 0.15) is 10.7 Å². The van der Waals surface area contributed by atoms with E-state index in [1.165, 1.54) is 12.3 Å². The number of sulfonamides is 1. The van der Waals surface area contributed by atoms with Gasteiger partial charge >= 0.3 is 0 Å². The minimum Gasteiger partial charge on any atom is -0.383 e. The van der Waals surface area contributed by atoms with Crippen LogP contribution < -0.4 is 10.5 Å². The maximum atomic E-state index is 12.1. The van der Waals surface area contributed by atoms with E-state index >= 15 is 0 Å². The Morgan fingerprint density at radius 2 is 2.25 bits per heavy atom. The van der Waals surface area contributed by atoms with Crippen molar-refractivity contribution >= 4 is 31.8 Å². The number of aromatic nitrogens is 3. The van der Waals surface area contributed by atoms with Crippen LogP contribution >= 0.6 is 15.9 Å². The van der Waals surface area contributed by atoms with Gasteiger partial charge in [-0.2, -0.15) is 5.10 Å². The van der Waals surface area contributed by atoms with Crippen molar-refractivity contribution in [1.29, 1.82) is 0 Å². The molecular weight excluding hydrogens is 346 g/mol. The van der Waals surface area contributed by atoms with Gasteiger partial charge in [-0.05, 0) is 28.1 Å². The molecule has 2 aromatic heterocycles. The highest BCUT2D eigenvalue weighted by Crippen LogP contribution is 2.20. The number of hydrogen-bond acceptors (Lipinski definition) is 5. The zero-order chi connectivity index (χ0) is 14.8. The molecule has 0 saturated heterocycles. The SMILES string of the molecule is Cn1ccc(CCNS(=O)(=O)c2cc(Br)cnc2N)n1. The first-order valence-electron chi connectivity index (χ1n) is 5.78. The molecule has 20 heavy (non-hydrogen) atoms. The van der Waals surface area contributed by atoms with Crippen molar-refractivity contribution in [2.45, 2.75) is 11.3 Å². The summed E-state index contributed by atoms with van der Waals surface area (Å²) in [5, 5.41) is 4.17. The molecule has 108 valence electrons. The maximum Gasteiger partial charge on any atom is 0.244 e. The van der Waals surface area contributed by atoms with E-state index < -0.39 is 10.0 Å². The Morgan fingerprint density at radius 1 is 1.50 bits per heavy atom. The average molecular weight is 360 g/mol. The van der Waals surface area contributed by atoms with Gasteiger partial charge in [0.05, 0.1) is 5.69 Å². The third-order valence-electron chi connectivity index (χ3n) is 2.58. The first kappa shape index (κ1) is 14.9. The van der Waals surface area contributed by atoms with Crippen LogP contribution in [0.4, 0.5) is 5.82 Å². The van der Waals surface area contributed by atoms with Gasteiger partial charge in [0, 0.05) is 36.9 Å². The highest BCUT2D eigenvalue weighted by atomic mass is 79.9. The fraction of sp³-hybridized carbons (Fsp3) is 0.273. The van der Waals surface area contributed by atoms with E-state index in [0.717, 1.165) is 5.69 Å². The van der Waals surface area contributed by atoms with Crippen LogP contribution in [0.2, 0.25) is 0 Å². The number of rotatable bonds is 5. The second-order valence-electron chi connectivity index (χ2n) is 4.17. The molecule has 2 heterocycles. The Bertz CT molecular complexity index is 713. The lowest BCUT2D eigenvalue weighted by atomic mass is 10.3. The summed E-state index contributed by atoms with van der Waals surface area (Å²) in [4.78, 5) is 3.78. The van der Waals surface area contributed by atoms with E-state index in [4.69, 9.17) is 5.73 Å². The molecule has 0 aliphatic heterocycles. The predicted octanol–water partition coefficient (Wildman–Crippen LogP) is 0.681. The first-order valence-corrected chi connectivity index (χ1v) is 8.05. The Morgan fingerprint density at radius 3 is 2.90 bits per heavy atom. The third-order valence-corrected chi connectivity index (χ3v) is 4.50. The molecule has 2 aromatic rings. The molecule has 3 N–H and O–H groups in total. The zero-order valence-electron chi connectivity index (χ0n) is 10.7. The lowest BCUT2D eigenvalue weighted by Gasteiger charge is -2.08. The number of anilines is 1. The van der Waals surface area contributed by atoms with E-state index in [9.17, 15) is 8.42 Å². The van der Waals surface area contributed by atoms with Crippen LogP contribution in [-0.4, -0.2) is 29.7 Å². The molecule has 0 unspecified atom stereocenters.